The lowest BCUT2D eigenvalue weighted by molar-refractivity contribution is 0.0815. The molecular weight excluding hydrogens is 241 g/mol. The summed E-state index contributed by atoms with van der Waals surface area (Å²) in [4.78, 5) is 0. The van der Waals surface area contributed by atoms with Gasteiger partial charge in [-0.25, -0.2) is 4.39 Å². The lowest BCUT2D eigenvalue weighted by Crippen LogP contribution is -2.55. The molecule has 0 aromatic heterocycles. The summed E-state index contributed by atoms with van der Waals surface area (Å²) in [6.45, 7) is 0. The van der Waals surface area contributed by atoms with Crippen molar-refractivity contribution in [3.8, 4) is 5.75 Å². The summed E-state index contributed by atoms with van der Waals surface area (Å²) in [6.07, 6.45) is 6.95. The highest BCUT2D eigenvalue weighted by atomic mass is 19.1. The van der Waals surface area contributed by atoms with Crippen molar-refractivity contribution in [3.63, 3.8) is 0 Å². The van der Waals surface area contributed by atoms with Crippen LogP contribution in [0.3, 0.4) is 0 Å². The molecule has 0 unspecified atom stereocenters. The van der Waals surface area contributed by atoms with Crippen LogP contribution in [0.15, 0.2) is 18.2 Å². The van der Waals surface area contributed by atoms with Crippen molar-refractivity contribution in [2.45, 2.75) is 49.5 Å². The Morgan fingerprint density at radius 2 is 1.74 bits per heavy atom. The molecule has 2 nitrogen and oxygen atoms in total. The molecule has 1 N–H and O–H groups in total. The van der Waals surface area contributed by atoms with Crippen molar-refractivity contribution in [1.29, 1.82) is 0 Å². The number of rotatable bonds is 3. The molecule has 3 fully saturated rings. The Labute approximate surface area is 114 Å². The van der Waals surface area contributed by atoms with Gasteiger partial charge in [-0.15, -0.1) is 0 Å². The maximum absolute atomic E-state index is 13.6. The van der Waals surface area contributed by atoms with Crippen LogP contribution in [0, 0.1) is 5.82 Å². The summed E-state index contributed by atoms with van der Waals surface area (Å²) in [5.74, 6) is 0.696. The molecule has 0 heterocycles. The third-order valence-electron chi connectivity index (χ3n) is 5.51. The topological polar surface area (TPSA) is 21.3 Å². The zero-order valence-corrected chi connectivity index (χ0v) is 11.8. The first kappa shape index (κ1) is 12.9. The predicted molar refractivity (Wildman–Crippen MR) is 74.1 cm³/mol. The van der Waals surface area contributed by atoms with Gasteiger partial charge in [0.1, 0.15) is 11.6 Å². The molecule has 2 bridgehead atoms. The average molecular weight is 263 g/mol. The minimum absolute atomic E-state index is 0.131. The van der Waals surface area contributed by atoms with Gasteiger partial charge >= 0.3 is 0 Å². The number of fused-ring (bicyclic) bond motifs is 3. The second-order valence-electron chi connectivity index (χ2n) is 6.16. The number of benzene rings is 1. The van der Waals surface area contributed by atoms with E-state index in [9.17, 15) is 4.39 Å². The van der Waals surface area contributed by atoms with Crippen LogP contribution in [0.1, 0.15) is 44.1 Å². The monoisotopic (exact) mass is 263 g/mol. The molecule has 0 radical (unpaired) electrons. The van der Waals surface area contributed by atoms with Gasteiger partial charge in [-0.05, 0) is 69.2 Å². The Hall–Kier alpha value is -1.09. The molecule has 3 heteroatoms. The molecule has 4 rings (SSSR count). The summed E-state index contributed by atoms with van der Waals surface area (Å²) in [6, 6.07) is 4.95. The molecule has 0 spiro atoms. The average Bonchev–Trinajstić information content (AvgIpc) is 2.49. The van der Waals surface area contributed by atoms with Crippen molar-refractivity contribution in [3.05, 3.63) is 29.6 Å². The van der Waals surface area contributed by atoms with Crippen LogP contribution >= 0.6 is 0 Å². The Bertz CT molecular complexity index is 461. The molecular formula is C16H22FNO. The maximum Gasteiger partial charge on any atom is 0.123 e. The zero-order chi connectivity index (χ0) is 13.5. The van der Waals surface area contributed by atoms with Crippen LogP contribution in [0.2, 0.25) is 0 Å². The van der Waals surface area contributed by atoms with Gasteiger partial charge in [-0.2, -0.15) is 0 Å². The van der Waals surface area contributed by atoms with Crippen molar-refractivity contribution in [2.75, 3.05) is 14.2 Å². The van der Waals surface area contributed by atoms with E-state index in [4.69, 9.17) is 4.74 Å². The van der Waals surface area contributed by atoms with Crippen molar-refractivity contribution < 1.29 is 9.13 Å². The van der Waals surface area contributed by atoms with Gasteiger partial charge in [0, 0.05) is 11.1 Å². The van der Waals surface area contributed by atoms with Crippen LogP contribution in [-0.2, 0) is 5.41 Å². The Morgan fingerprint density at radius 3 is 2.26 bits per heavy atom. The van der Waals surface area contributed by atoms with Crippen LogP contribution < -0.4 is 10.1 Å². The van der Waals surface area contributed by atoms with Crippen molar-refractivity contribution in [2.24, 2.45) is 0 Å². The van der Waals surface area contributed by atoms with E-state index in [1.54, 1.807) is 19.2 Å². The lowest BCUT2D eigenvalue weighted by Gasteiger charge is -2.54. The highest BCUT2D eigenvalue weighted by Gasteiger charge is 2.49. The third kappa shape index (κ3) is 1.95. The molecule has 3 aliphatic carbocycles. The summed E-state index contributed by atoms with van der Waals surface area (Å²) in [5, 5.41) is 3.51. The molecule has 1 aromatic carbocycles. The number of hydrogen-bond donors (Lipinski definition) is 1. The van der Waals surface area contributed by atoms with E-state index in [0.717, 1.165) is 30.6 Å². The SMILES string of the molecule is CNC12CCC(c3cc(F)ccc3OC)(CC1)CC2. The molecule has 3 aliphatic rings. The summed E-state index contributed by atoms with van der Waals surface area (Å²) in [7, 11) is 3.75. The van der Waals surface area contributed by atoms with E-state index >= 15 is 0 Å². The summed E-state index contributed by atoms with van der Waals surface area (Å²) < 4.78 is 19.1. The van der Waals surface area contributed by atoms with Gasteiger partial charge < -0.3 is 10.1 Å². The second-order valence-corrected chi connectivity index (χ2v) is 6.16. The minimum atomic E-state index is -0.152. The van der Waals surface area contributed by atoms with Gasteiger partial charge in [-0.1, -0.05) is 0 Å². The Morgan fingerprint density at radius 1 is 1.11 bits per heavy atom. The first-order valence-corrected chi connectivity index (χ1v) is 7.16. The van der Waals surface area contributed by atoms with E-state index in [-0.39, 0.29) is 11.2 Å². The largest absolute Gasteiger partial charge is 0.496 e. The smallest absolute Gasteiger partial charge is 0.123 e. The van der Waals surface area contributed by atoms with E-state index in [1.165, 1.54) is 25.3 Å². The maximum atomic E-state index is 13.6. The van der Waals surface area contributed by atoms with Gasteiger partial charge in [0.2, 0.25) is 0 Å². The van der Waals surface area contributed by atoms with E-state index in [2.05, 4.69) is 12.4 Å². The molecule has 19 heavy (non-hydrogen) atoms. The summed E-state index contributed by atoms with van der Waals surface area (Å²) in [5.41, 5.74) is 1.55. The van der Waals surface area contributed by atoms with E-state index < -0.39 is 0 Å². The molecule has 104 valence electrons. The fourth-order valence-electron chi connectivity index (χ4n) is 4.06. The highest BCUT2D eigenvalue weighted by molar-refractivity contribution is 5.41. The van der Waals surface area contributed by atoms with Crippen molar-refractivity contribution >= 4 is 0 Å². The van der Waals surface area contributed by atoms with Crippen LogP contribution in [0.4, 0.5) is 4.39 Å². The third-order valence-corrected chi connectivity index (χ3v) is 5.51. The number of nitrogens with one attached hydrogen (secondary N) is 1. The zero-order valence-electron chi connectivity index (χ0n) is 11.8. The van der Waals surface area contributed by atoms with Crippen LogP contribution in [0.5, 0.6) is 5.75 Å². The first-order chi connectivity index (χ1) is 9.13. The van der Waals surface area contributed by atoms with E-state index in [1.807, 2.05) is 0 Å². The normalized spacial score (nSPS) is 33.4. The molecule has 0 aliphatic heterocycles. The molecule has 1 aromatic rings. The number of halogens is 1. The fourth-order valence-corrected chi connectivity index (χ4v) is 4.06. The van der Waals surface area contributed by atoms with Gasteiger partial charge in [0.05, 0.1) is 7.11 Å². The lowest BCUT2D eigenvalue weighted by atomic mass is 9.55. The Balaban J connectivity index is 1.97. The standard InChI is InChI=1S/C16H22FNO/c1-18-16-8-5-15(6-9-16,7-10-16)13-11-12(17)3-4-14(13)19-2/h3-4,11,18H,5-10H2,1-2H3. The van der Waals surface area contributed by atoms with Crippen molar-refractivity contribution in [1.82, 2.24) is 5.32 Å². The fraction of sp³-hybridized carbons (Fsp3) is 0.625. The highest BCUT2D eigenvalue weighted by Crippen LogP contribution is 2.55. The number of methoxy groups -OCH3 is 1. The molecule has 3 saturated carbocycles. The second kappa shape index (κ2) is 4.48. The van der Waals surface area contributed by atoms with E-state index in [0.29, 0.717) is 5.54 Å². The van der Waals surface area contributed by atoms with Crippen LogP contribution in [0.25, 0.3) is 0 Å². The molecule has 0 saturated heterocycles. The number of hydrogen-bond acceptors (Lipinski definition) is 2. The summed E-state index contributed by atoms with van der Waals surface area (Å²) >= 11 is 0. The molecule has 0 atom stereocenters. The van der Waals surface area contributed by atoms with Gasteiger partial charge in [-0.3, -0.25) is 0 Å². The minimum Gasteiger partial charge on any atom is -0.496 e. The first-order valence-electron chi connectivity index (χ1n) is 7.16. The number of ether oxygens (including phenoxy) is 1. The van der Waals surface area contributed by atoms with Gasteiger partial charge in [0.15, 0.2) is 0 Å². The Kier molecular flexibility index (Phi) is 3.05. The van der Waals surface area contributed by atoms with Gasteiger partial charge in [0.25, 0.3) is 0 Å². The predicted octanol–water partition coefficient (Wildman–Crippen LogP) is 3.40. The molecule has 0 amide bonds. The quantitative estimate of drug-likeness (QED) is 0.902. The van der Waals surface area contributed by atoms with Crippen LogP contribution in [-0.4, -0.2) is 19.7 Å².